The zero-order valence-corrected chi connectivity index (χ0v) is 6.57. The molecule has 1 aromatic rings. The van der Waals surface area contributed by atoms with Crippen LogP contribution in [0.1, 0.15) is 0 Å². The van der Waals surface area contributed by atoms with Gasteiger partial charge in [-0.05, 0) is 12.1 Å². The maximum Gasteiger partial charge on any atom is 0.157 e. The smallest absolute Gasteiger partial charge is 0.157 e. The first-order valence-electron chi connectivity index (χ1n) is 3.69. The van der Waals surface area contributed by atoms with Crippen molar-refractivity contribution >= 4 is 5.69 Å². The van der Waals surface area contributed by atoms with Crippen molar-refractivity contribution in [1.82, 2.24) is 0 Å². The number of nitrogens with one attached hydrogen (secondary N) is 1. The monoisotopic (exact) mass is 162 g/mol. The molecule has 0 spiro atoms. The van der Waals surface area contributed by atoms with E-state index in [0.29, 0.717) is 0 Å². The van der Waals surface area contributed by atoms with Gasteiger partial charge < -0.3 is 10.4 Å². The lowest BCUT2D eigenvalue weighted by Gasteiger charge is -2.05. The molecule has 3 nitrogen and oxygen atoms in total. The third kappa shape index (κ3) is 2.60. The van der Waals surface area contributed by atoms with E-state index in [1.807, 2.05) is 30.3 Å². The highest BCUT2D eigenvalue weighted by Gasteiger charge is 1.98. The fourth-order valence-electron chi connectivity index (χ4n) is 0.816. The Hall–Kier alpha value is -1.53. The van der Waals surface area contributed by atoms with Gasteiger partial charge in [-0.3, -0.25) is 0 Å². The van der Waals surface area contributed by atoms with E-state index in [0.717, 1.165) is 5.69 Å². The van der Waals surface area contributed by atoms with Crippen LogP contribution in [0.25, 0.3) is 0 Å². The number of aliphatic hydroxyl groups is 1. The second-order valence-corrected chi connectivity index (χ2v) is 2.39. The van der Waals surface area contributed by atoms with E-state index < -0.39 is 6.10 Å². The Bertz CT molecular complexity index is 266. The summed E-state index contributed by atoms with van der Waals surface area (Å²) >= 11 is 0. The van der Waals surface area contributed by atoms with E-state index >= 15 is 0 Å². The van der Waals surface area contributed by atoms with Gasteiger partial charge in [-0.15, -0.1) is 0 Å². The molecule has 0 radical (unpaired) electrons. The number of nitriles is 1. The van der Waals surface area contributed by atoms with Crippen LogP contribution in [0.4, 0.5) is 5.69 Å². The van der Waals surface area contributed by atoms with Gasteiger partial charge >= 0.3 is 0 Å². The van der Waals surface area contributed by atoms with Gasteiger partial charge in [0, 0.05) is 5.69 Å². The summed E-state index contributed by atoms with van der Waals surface area (Å²) in [7, 11) is 0. The molecule has 0 amide bonds. The van der Waals surface area contributed by atoms with E-state index in [1.165, 1.54) is 0 Å². The van der Waals surface area contributed by atoms with Crippen LogP contribution in [0.15, 0.2) is 30.3 Å². The molecule has 1 rings (SSSR count). The SMILES string of the molecule is N#CC(O)CNc1ccccc1. The second kappa shape index (κ2) is 4.37. The lowest BCUT2D eigenvalue weighted by atomic mass is 10.3. The molecule has 0 aromatic heterocycles. The molecule has 12 heavy (non-hydrogen) atoms. The number of rotatable bonds is 3. The van der Waals surface area contributed by atoms with Crippen LogP contribution in [0, 0.1) is 11.3 Å². The Morgan fingerprint density at radius 1 is 1.42 bits per heavy atom. The van der Waals surface area contributed by atoms with Gasteiger partial charge in [0.2, 0.25) is 0 Å². The summed E-state index contributed by atoms with van der Waals surface area (Å²) in [5.41, 5.74) is 0.909. The second-order valence-electron chi connectivity index (χ2n) is 2.39. The normalized spacial score (nSPS) is 11.7. The topological polar surface area (TPSA) is 56.0 Å². The minimum absolute atomic E-state index is 0.264. The lowest BCUT2D eigenvalue weighted by Crippen LogP contribution is -2.16. The van der Waals surface area contributed by atoms with Gasteiger partial charge in [0.15, 0.2) is 6.10 Å². The summed E-state index contributed by atoms with van der Waals surface area (Å²) in [4.78, 5) is 0. The Kier molecular flexibility index (Phi) is 3.12. The molecule has 62 valence electrons. The quantitative estimate of drug-likeness (QED) is 0.651. The van der Waals surface area contributed by atoms with Crippen LogP contribution in [0.5, 0.6) is 0 Å². The van der Waals surface area contributed by atoms with E-state index in [1.54, 1.807) is 6.07 Å². The number of para-hydroxylation sites is 1. The summed E-state index contributed by atoms with van der Waals surface area (Å²) < 4.78 is 0. The number of hydrogen-bond donors (Lipinski definition) is 2. The number of aliphatic hydroxyl groups excluding tert-OH is 1. The summed E-state index contributed by atoms with van der Waals surface area (Å²) in [6, 6.07) is 11.2. The number of benzene rings is 1. The fourth-order valence-corrected chi connectivity index (χ4v) is 0.816. The van der Waals surface area contributed by atoms with Crippen LogP contribution >= 0.6 is 0 Å². The number of hydrogen-bond acceptors (Lipinski definition) is 3. The predicted molar refractivity (Wildman–Crippen MR) is 46.6 cm³/mol. The molecule has 0 heterocycles. The third-order valence-corrected chi connectivity index (χ3v) is 1.42. The van der Waals surface area contributed by atoms with Gasteiger partial charge in [-0.25, -0.2) is 0 Å². The molecular formula is C9H10N2O. The Balaban J connectivity index is 2.40. The predicted octanol–water partition coefficient (Wildman–Crippen LogP) is 0.983. The van der Waals surface area contributed by atoms with Crippen molar-refractivity contribution in [3.63, 3.8) is 0 Å². The van der Waals surface area contributed by atoms with Crippen molar-refractivity contribution in [2.24, 2.45) is 0 Å². The van der Waals surface area contributed by atoms with Gasteiger partial charge in [0.1, 0.15) is 0 Å². The maximum atomic E-state index is 8.90. The average Bonchev–Trinajstić information content (AvgIpc) is 2.16. The summed E-state index contributed by atoms with van der Waals surface area (Å²) in [6.45, 7) is 0.264. The first-order valence-corrected chi connectivity index (χ1v) is 3.69. The number of anilines is 1. The zero-order valence-electron chi connectivity index (χ0n) is 6.57. The van der Waals surface area contributed by atoms with Gasteiger partial charge in [0.05, 0.1) is 12.6 Å². The first kappa shape index (κ1) is 8.57. The van der Waals surface area contributed by atoms with E-state index in [-0.39, 0.29) is 6.54 Å². The van der Waals surface area contributed by atoms with Crippen molar-refractivity contribution in [3.05, 3.63) is 30.3 Å². The van der Waals surface area contributed by atoms with Crippen molar-refractivity contribution in [2.75, 3.05) is 11.9 Å². The third-order valence-electron chi connectivity index (χ3n) is 1.42. The molecule has 0 bridgehead atoms. The first-order chi connectivity index (χ1) is 5.83. The molecule has 2 N–H and O–H groups in total. The Morgan fingerprint density at radius 2 is 2.08 bits per heavy atom. The van der Waals surface area contributed by atoms with Crippen LogP contribution in [-0.4, -0.2) is 17.8 Å². The highest BCUT2D eigenvalue weighted by atomic mass is 16.3. The summed E-state index contributed by atoms with van der Waals surface area (Å²) in [6.07, 6.45) is -0.940. The molecule has 1 atom stereocenters. The largest absolute Gasteiger partial charge is 0.381 e. The Morgan fingerprint density at radius 3 is 2.67 bits per heavy atom. The maximum absolute atomic E-state index is 8.90. The van der Waals surface area contributed by atoms with Crippen molar-refractivity contribution in [3.8, 4) is 6.07 Å². The molecular weight excluding hydrogens is 152 g/mol. The lowest BCUT2D eigenvalue weighted by molar-refractivity contribution is 0.243. The van der Waals surface area contributed by atoms with Crippen LogP contribution < -0.4 is 5.32 Å². The molecule has 0 aliphatic rings. The average molecular weight is 162 g/mol. The molecule has 0 saturated carbocycles. The molecule has 0 saturated heterocycles. The zero-order chi connectivity index (χ0) is 8.81. The van der Waals surface area contributed by atoms with Crippen LogP contribution in [0.3, 0.4) is 0 Å². The summed E-state index contributed by atoms with van der Waals surface area (Å²) in [5, 5.41) is 20.1. The van der Waals surface area contributed by atoms with Crippen molar-refractivity contribution in [1.29, 1.82) is 5.26 Å². The van der Waals surface area contributed by atoms with E-state index in [9.17, 15) is 0 Å². The molecule has 0 aliphatic carbocycles. The summed E-state index contributed by atoms with van der Waals surface area (Å²) in [5.74, 6) is 0. The molecule has 0 aliphatic heterocycles. The highest BCUT2D eigenvalue weighted by Crippen LogP contribution is 2.04. The standard InChI is InChI=1S/C9H10N2O/c10-6-9(12)7-11-8-4-2-1-3-5-8/h1-5,9,11-12H,7H2. The Labute approximate surface area is 71.3 Å². The molecule has 0 fully saturated rings. The van der Waals surface area contributed by atoms with E-state index in [2.05, 4.69) is 5.32 Å². The van der Waals surface area contributed by atoms with Crippen molar-refractivity contribution < 1.29 is 5.11 Å². The highest BCUT2D eigenvalue weighted by molar-refractivity contribution is 5.42. The fraction of sp³-hybridized carbons (Fsp3) is 0.222. The molecule has 3 heteroatoms. The minimum Gasteiger partial charge on any atom is -0.381 e. The van der Waals surface area contributed by atoms with E-state index in [4.69, 9.17) is 10.4 Å². The van der Waals surface area contributed by atoms with Crippen LogP contribution in [-0.2, 0) is 0 Å². The van der Waals surface area contributed by atoms with Gasteiger partial charge in [0.25, 0.3) is 0 Å². The number of nitrogens with zero attached hydrogens (tertiary/aromatic N) is 1. The van der Waals surface area contributed by atoms with Crippen molar-refractivity contribution in [2.45, 2.75) is 6.10 Å². The van der Waals surface area contributed by atoms with Gasteiger partial charge in [-0.1, -0.05) is 18.2 Å². The van der Waals surface area contributed by atoms with Crippen LogP contribution in [0.2, 0.25) is 0 Å². The molecule has 1 aromatic carbocycles. The minimum atomic E-state index is -0.940. The van der Waals surface area contributed by atoms with Gasteiger partial charge in [-0.2, -0.15) is 5.26 Å². The molecule has 1 unspecified atom stereocenters.